The van der Waals surface area contributed by atoms with Gasteiger partial charge < -0.3 is 5.32 Å². The molecule has 0 amide bonds. The van der Waals surface area contributed by atoms with E-state index in [0.717, 1.165) is 23.1 Å². The first-order valence-corrected chi connectivity index (χ1v) is 11.4. The minimum absolute atomic E-state index is 0.188. The number of rotatable bonds is 3. The van der Waals surface area contributed by atoms with Crippen LogP contribution in [-0.2, 0) is 5.41 Å². The highest BCUT2D eigenvalue weighted by atomic mass is 35.5. The summed E-state index contributed by atoms with van der Waals surface area (Å²) in [6.45, 7) is 0. The summed E-state index contributed by atoms with van der Waals surface area (Å²) in [5, 5.41) is 4.85. The van der Waals surface area contributed by atoms with E-state index in [4.69, 9.17) is 16.6 Å². The standard InChI is InChI=1S/C25H18ClF3N4/c26-16-10-12-9-14(12)20-19(16)18(11-30-20)31-22-13-5-1-2-7-17(13)32-23(33-22)24-8-4-3-6-15(24)21(24)25(27,28)29/h1-8,10-12,14-15,18,21H,9H2,(H,31,32,33). The molecule has 1 aromatic carbocycles. The number of nitrogens with zero attached hydrogens (tertiary/aromatic N) is 3. The molecule has 1 N–H and O–H groups in total. The zero-order chi connectivity index (χ0) is 22.5. The Labute approximate surface area is 192 Å². The van der Waals surface area contributed by atoms with Crippen molar-refractivity contribution in [3.63, 3.8) is 0 Å². The lowest BCUT2D eigenvalue weighted by Crippen LogP contribution is -2.26. The summed E-state index contributed by atoms with van der Waals surface area (Å²) in [7, 11) is 0. The maximum atomic E-state index is 13.9. The fraction of sp³-hybridized carbons (Fsp3) is 0.320. The zero-order valence-corrected chi connectivity index (χ0v) is 18.0. The summed E-state index contributed by atoms with van der Waals surface area (Å²) >= 11 is 6.58. The van der Waals surface area contributed by atoms with E-state index < -0.39 is 23.4 Å². The van der Waals surface area contributed by atoms with Crippen LogP contribution >= 0.6 is 11.6 Å². The second-order valence-corrected chi connectivity index (χ2v) is 9.76. The number of anilines is 1. The number of hydrogen-bond acceptors (Lipinski definition) is 4. The minimum Gasteiger partial charge on any atom is -0.357 e. The summed E-state index contributed by atoms with van der Waals surface area (Å²) in [6.07, 6.45) is 7.16. The van der Waals surface area contributed by atoms with E-state index in [9.17, 15) is 13.2 Å². The van der Waals surface area contributed by atoms with Crippen molar-refractivity contribution in [3.05, 3.63) is 76.8 Å². The summed E-state index contributed by atoms with van der Waals surface area (Å²) in [5.74, 6) is -0.656. The van der Waals surface area contributed by atoms with Gasteiger partial charge in [0.05, 0.1) is 28.6 Å². The highest BCUT2D eigenvalue weighted by molar-refractivity contribution is 6.33. The lowest BCUT2D eigenvalue weighted by molar-refractivity contribution is -0.153. The molecule has 0 spiro atoms. The molecule has 0 radical (unpaired) electrons. The van der Waals surface area contributed by atoms with Crippen molar-refractivity contribution in [3.8, 4) is 0 Å². The van der Waals surface area contributed by atoms with Gasteiger partial charge in [-0.3, -0.25) is 4.99 Å². The third-order valence-electron chi connectivity index (χ3n) is 7.51. The van der Waals surface area contributed by atoms with E-state index in [1.807, 2.05) is 24.4 Å². The summed E-state index contributed by atoms with van der Waals surface area (Å²) in [6, 6.07) is 7.09. The van der Waals surface area contributed by atoms with Crippen LogP contribution in [0.25, 0.3) is 10.9 Å². The number of halogens is 4. The van der Waals surface area contributed by atoms with Crippen LogP contribution in [0.2, 0.25) is 0 Å². The number of aromatic nitrogens is 2. The van der Waals surface area contributed by atoms with Crippen molar-refractivity contribution < 1.29 is 13.2 Å². The Morgan fingerprint density at radius 3 is 2.82 bits per heavy atom. The predicted octanol–water partition coefficient (Wildman–Crippen LogP) is 5.69. The van der Waals surface area contributed by atoms with E-state index in [1.165, 1.54) is 0 Å². The van der Waals surface area contributed by atoms with Gasteiger partial charge in [-0.25, -0.2) is 9.97 Å². The monoisotopic (exact) mass is 466 g/mol. The molecule has 8 heteroatoms. The number of alkyl halides is 3. The summed E-state index contributed by atoms with van der Waals surface area (Å²) < 4.78 is 41.7. The van der Waals surface area contributed by atoms with E-state index in [-0.39, 0.29) is 11.9 Å². The van der Waals surface area contributed by atoms with E-state index >= 15 is 0 Å². The first kappa shape index (κ1) is 19.5. The molecule has 4 nitrogen and oxygen atoms in total. The Bertz CT molecular complexity index is 1370. The average molecular weight is 467 g/mol. The molecule has 6 unspecified atom stereocenters. The summed E-state index contributed by atoms with van der Waals surface area (Å²) in [5.41, 5.74) is 1.29. The fourth-order valence-corrected chi connectivity index (χ4v) is 6.18. The number of allylic oxidation sites excluding steroid dienone is 6. The molecule has 4 aliphatic carbocycles. The van der Waals surface area contributed by atoms with Crippen LogP contribution in [0.5, 0.6) is 0 Å². The number of nitrogens with one attached hydrogen (secondary N) is 1. The van der Waals surface area contributed by atoms with Gasteiger partial charge in [-0.05, 0) is 24.5 Å². The van der Waals surface area contributed by atoms with Crippen LogP contribution in [0.4, 0.5) is 19.0 Å². The SMILES string of the molecule is FC(F)(F)C1C2C=CC=CC21c1nc(NC2C=NC3=C2C(Cl)=CC2CC32)c2ccccc2n1. The Morgan fingerprint density at radius 1 is 1.12 bits per heavy atom. The summed E-state index contributed by atoms with van der Waals surface area (Å²) in [4.78, 5) is 13.9. The highest BCUT2D eigenvalue weighted by Gasteiger charge is 2.75. The molecule has 1 aromatic heterocycles. The minimum atomic E-state index is -4.34. The van der Waals surface area contributed by atoms with Crippen molar-refractivity contribution in [1.82, 2.24) is 9.97 Å². The van der Waals surface area contributed by atoms with E-state index in [1.54, 1.807) is 30.4 Å². The van der Waals surface area contributed by atoms with Crippen molar-refractivity contribution in [2.45, 2.75) is 24.1 Å². The molecule has 2 saturated carbocycles. The second kappa shape index (κ2) is 6.35. The lowest BCUT2D eigenvalue weighted by atomic mass is 9.96. The van der Waals surface area contributed by atoms with E-state index in [2.05, 4.69) is 21.4 Å². The molecular weight excluding hydrogens is 449 g/mol. The van der Waals surface area contributed by atoms with Gasteiger partial charge in [0.15, 0.2) is 0 Å². The number of benzene rings is 1. The molecule has 6 atom stereocenters. The molecule has 166 valence electrons. The predicted molar refractivity (Wildman–Crippen MR) is 121 cm³/mol. The molecule has 0 bridgehead atoms. The zero-order valence-electron chi connectivity index (χ0n) is 17.2. The van der Waals surface area contributed by atoms with Crippen LogP contribution in [0.3, 0.4) is 0 Å². The quantitative estimate of drug-likeness (QED) is 0.632. The van der Waals surface area contributed by atoms with Gasteiger partial charge in [0, 0.05) is 34.0 Å². The average Bonchev–Trinajstić information content (AvgIpc) is 3.67. The van der Waals surface area contributed by atoms with E-state index in [0.29, 0.717) is 28.2 Å². The smallest absolute Gasteiger partial charge is 0.357 e. The number of fused-ring (bicyclic) bond motifs is 4. The number of aliphatic imine (C=N–C) groups is 1. The Morgan fingerprint density at radius 2 is 1.97 bits per heavy atom. The normalized spacial score (nSPS) is 35.3. The fourth-order valence-electron chi connectivity index (χ4n) is 5.81. The van der Waals surface area contributed by atoms with Crippen molar-refractivity contribution in [2.75, 3.05) is 5.32 Å². The van der Waals surface area contributed by atoms with Crippen molar-refractivity contribution in [1.29, 1.82) is 0 Å². The Kier molecular flexibility index (Phi) is 3.76. The molecular formula is C25H18ClF3N4. The van der Waals surface area contributed by atoms with Crippen LogP contribution in [-0.4, -0.2) is 28.4 Å². The lowest BCUT2D eigenvalue weighted by Gasteiger charge is -2.21. The third kappa shape index (κ3) is 2.69. The molecule has 0 saturated heterocycles. The molecule has 2 aromatic rings. The molecule has 7 rings (SSSR count). The van der Waals surface area contributed by atoms with Gasteiger partial charge in [-0.15, -0.1) is 0 Å². The van der Waals surface area contributed by atoms with Gasteiger partial charge in [0.1, 0.15) is 11.6 Å². The van der Waals surface area contributed by atoms with Gasteiger partial charge >= 0.3 is 6.18 Å². The van der Waals surface area contributed by atoms with Gasteiger partial charge in [-0.1, -0.05) is 54.1 Å². The van der Waals surface area contributed by atoms with Gasteiger partial charge in [0.2, 0.25) is 0 Å². The Hall–Kier alpha value is -2.93. The third-order valence-corrected chi connectivity index (χ3v) is 7.84. The first-order chi connectivity index (χ1) is 15.9. The van der Waals surface area contributed by atoms with Gasteiger partial charge in [0.25, 0.3) is 0 Å². The molecule has 1 aliphatic heterocycles. The van der Waals surface area contributed by atoms with Gasteiger partial charge in [-0.2, -0.15) is 13.2 Å². The number of para-hydroxylation sites is 1. The molecule has 2 fully saturated rings. The highest BCUT2D eigenvalue weighted by Crippen LogP contribution is 2.68. The number of hydrogen-bond donors (Lipinski definition) is 1. The maximum absolute atomic E-state index is 13.9. The molecule has 5 aliphatic rings. The maximum Gasteiger partial charge on any atom is 0.393 e. The topological polar surface area (TPSA) is 50.2 Å². The first-order valence-electron chi connectivity index (χ1n) is 11.0. The Balaban J connectivity index is 1.33. The van der Waals surface area contributed by atoms with Crippen molar-refractivity contribution in [2.24, 2.45) is 28.7 Å². The van der Waals surface area contributed by atoms with Crippen LogP contribution in [0.1, 0.15) is 12.2 Å². The molecule has 2 heterocycles. The van der Waals surface area contributed by atoms with Crippen LogP contribution in [0.15, 0.2) is 75.9 Å². The largest absolute Gasteiger partial charge is 0.393 e. The van der Waals surface area contributed by atoms with Crippen molar-refractivity contribution >= 4 is 34.5 Å². The van der Waals surface area contributed by atoms with Crippen LogP contribution in [0, 0.1) is 23.7 Å². The second-order valence-electron chi connectivity index (χ2n) is 9.35. The molecule has 33 heavy (non-hydrogen) atoms. The van der Waals surface area contributed by atoms with Crippen LogP contribution < -0.4 is 5.32 Å².